The fraction of sp³-hybridized carbons (Fsp3) is 0.273. The van der Waals surface area contributed by atoms with Crippen LogP contribution in [-0.4, -0.2) is 33.0 Å². The van der Waals surface area contributed by atoms with Gasteiger partial charge in [-0.05, 0) is 49.2 Å². The van der Waals surface area contributed by atoms with Crippen molar-refractivity contribution in [3.63, 3.8) is 0 Å². The summed E-state index contributed by atoms with van der Waals surface area (Å²) in [7, 11) is 1.25. The van der Waals surface area contributed by atoms with Crippen LogP contribution in [-0.2, 0) is 22.5 Å². The SMILES string of the molecule is COC(=O)C[C@H](c1ccco1)c1c(O)cc(C)n(CCc2ccc(O)c(O)c2)c1=O. The molecule has 0 unspecified atom stereocenters. The van der Waals surface area contributed by atoms with E-state index in [4.69, 9.17) is 9.15 Å². The number of ether oxygens (including phenoxy) is 1. The minimum Gasteiger partial charge on any atom is -0.507 e. The van der Waals surface area contributed by atoms with E-state index in [1.807, 2.05) is 0 Å². The molecule has 8 heteroatoms. The van der Waals surface area contributed by atoms with Crippen molar-refractivity contribution in [3.05, 3.63) is 75.6 Å². The molecule has 158 valence electrons. The molecular formula is C22H23NO7. The van der Waals surface area contributed by atoms with Crippen LogP contribution in [0, 0.1) is 6.92 Å². The average molecular weight is 413 g/mol. The second kappa shape index (κ2) is 8.77. The van der Waals surface area contributed by atoms with Gasteiger partial charge in [-0.15, -0.1) is 0 Å². The number of phenolic OH excluding ortho intramolecular Hbond substituents is 2. The predicted molar refractivity (Wildman–Crippen MR) is 108 cm³/mol. The minimum absolute atomic E-state index is 0.0505. The zero-order valence-electron chi connectivity index (χ0n) is 16.7. The van der Waals surface area contributed by atoms with Gasteiger partial charge in [0.05, 0.1) is 31.3 Å². The van der Waals surface area contributed by atoms with Crippen molar-refractivity contribution in [2.45, 2.75) is 32.2 Å². The number of hydrogen-bond acceptors (Lipinski definition) is 7. The molecule has 1 atom stereocenters. The highest BCUT2D eigenvalue weighted by Gasteiger charge is 2.28. The highest BCUT2D eigenvalue weighted by atomic mass is 16.5. The number of phenols is 2. The average Bonchev–Trinajstić information content (AvgIpc) is 3.23. The van der Waals surface area contributed by atoms with Gasteiger partial charge in [0.1, 0.15) is 11.5 Å². The molecular weight excluding hydrogens is 390 g/mol. The number of rotatable bonds is 7. The van der Waals surface area contributed by atoms with Crippen molar-refractivity contribution >= 4 is 5.97 Å². The molecule has 8 nitrogen and oxygen atoms in total. The van der Waals surface area contributed by atoms with Crippen LogP contribution in [0.4, 0.5) is 0 Å². The molecule has 2 heterocycles. The van der Waals surface area contributed by atoms with E-state index in [1.165, 1.54) is 36.1 Å². The lowest BCUT2D eigenvalue weighted by Crippen LogP contribution is -2.29. The Morgan fingerprint density at radius 2 is 1.90 bits per heavy atom. The van der Waals surface area contributed by atoms with Crippen LogP contribution in [0.25, 0.3) is 0 Å². The maximum absolute atomic E-state index is 13.3. The molecule has 3 rings (SSSR count). The number of methoxy groups -OCH3 is 1. The second-order valence-electron chi connectivity index (χ2n) is 6.96. The summed E-state index contributed by atoms with van der Waals surface area (Å²) in [6.45, 7) is 1.96. The minimum atomic E-state index is -0.801. The fourth-order valence-electron chi connectivity index (χ4n) is 3.42. The lowest BCUT2D eigenvalue weighted by atomic mass is 9.93. The topological polar surface area (TPSA) is 122 Å². The zero-order valence-corrected chi connectivity index (χ0v) is 16.7. The molecule has 0 bridgehead atoms. The number of aryl methyl sites for hydroxylation is 2. The lowest BCUT2D eigenvalue weighted by Gasteiger charge is -2.19. The van der Waals surface area contributed by atoms with E-state index in [2.05, 4.69) is 0 Å². The Kier molecular flexibility index (Phi) is 6.15. The van der Waals surface area contributed by atoms with Crippen molar-refractivity contribution in [3.8, 4) is 17.2 Å². The molecule has 1 aromatic carbocycles. The molecule has 0 fully saturated rings. The maximum atomic E-state index is 13.3. The monoisotopic (exact) mass is 413 g/mol. The third kappa shape index (κ3) is 4.32. The van der Waals surface area contributed by atoms with Gasteiger partial charge in [-0.25, -0.2) is 0 Å². The Balaban J connectivity index is 1.99. The van der Waals surface area contributed by atoms with Crippen molar-refractivity contribution in [2.24, 2.45) is 0 Å². The molecule has 0 saturated carbocycles. The van der Waals surface area contributed by atoms with Gasteiger partial charge in [-0.3, -0.25) is 9.59 Å². The molecule has 0 aliphatic carbocycles. The van der Waals surface area contributed by atoms with Crippen molar-refractivity contribution in [2.75, 3.05) is 7.11 Å². The summed E-state index contributed by atoms with van der Waals surface area (Å²) in [4.78, 5) is 25.2. The molecule has 0 spiro atoms. The summed E-state index contributed by atoms with van der Waals surface area (Å²) in [6.07, 6.45) is 1.67. The summed E-state index contributed by atoms with van der Waals surface area (Å²) >= 11 is 0. The number of nitrogens with zero attached hydrogens (tertiary/aromatic N) is 1. The van der Waals surface area contributed by atoms with Gasteiger partial charge in [0.25, 0.3) is 5.56 Å². The lowest BCUT2D eigenvalue weighted by molar-refractivity contribution is -0.140. The number of aromatic hydroxyl groups is 3. The summed E-state index contributed by atoms with van der Waals surface area (Å²) < 4.78 is 11.6. The van der Waals surface area contributed by atoms with Gasteiger partial charge in [0, 0.05) is 12.2 Å². The molecule has 30 heavy (non-hydrogen) atoms. The summed E-state index contributed by atoms with van der Waals surface area (Å²) in [5.74, 6) is -1.65. The van der Waals surface area contributed by atoms with E-state index >= 15 is 0 Å². The predicted octanol–water partition coefficient (Wildman–Crippen LogP) is 2.80. The van der Waals surface area contributed by atoms with E-state index in [0.29, 0.717) is 17.9 Å². The van der Waals surface area contributed by atoms with E-state index in [9.17, 15) is 24.9 Å². The molecule has 0 amide bonds. The van der Waals surface area contributed by atoms with Gasteiger partial charge in [-0.2, -0.15) is 0 Å². The van der Waals surface area contributed by atoms with Gasteiger partial charge in [0.2, 0.25) is 0 Å². The highest BCUT2D eigenvalue weighted by Crippen LogP contribution is 2.33. The number of benzene rings is 1. The standard InChI is InChI=1S/C22H23NO7/c1-13-10-18(26)21(15(12-20(27)29-2)19-4-3-9-30-19)22(28)23(13)8-7-14-5-6-16(24)17(25)11-14/h3-6,9-11,15,24-26H,7-8,12H2,1-2H3/t15-/m1/s1. The Hall–Kier alpha value is -3.68. The number of esters is 1. The van der Waals surface area contributed by atoms with Gasteiger partial charge in [0.15, 0.2) is 11.5 Å². The van der Waals surface area contributed by atoms with E-state index in [0.717, 1.165) is 5.56 Å². The number of pyridine rings is 1. The highest BCUT2D eigenvalue weighted by molar-refractivity contribution is 5.71. The van der Waals surface area contributed by atoms with Crippen LogP contribution < -0.4 is 5.56 Å². The van der Waals surface area contributed by atoms with Crippen molar-refractivity contribution in [1.29, 1.82) is 0 Å². The largest absolute Gasteiger partial charge is 0.507 e. The summed E-state index contributed by atoms with van der Waals surface area (Å²) in [5.41, 5.74) is 0.874. The van der Waals surface area contributed by atoms with Crippen molar-refractivity contribution < 1.29 is 29.3 Å². The number of hydrogen-bond donors (Lipinski definition) is 3. The molecule has 0 saturated heterocycles. The van der Waals surface area contributed by atoms with Gasteiger partial charge < -0.3 is 29.0 Å². The van der Waals surface area contributed by atoms with E-state index < -0.39 is 17.4 Å². The van der Waals surface area contributed by atoms with Crippen LogP contribution in [0.15, 0.2) is 51.9 Å². The Morgan fingerprint density at radius 3 is 2.53 bits per heavy atom. The first-order valence-corrected chi connectivity index (χ1v) is 9.36. The molecule has 0 aliphatic rings. The Labute approximate surface area is 172 Å². The number of furan rings is 1. The number of carbonyl (C=O) groups excluding carboxylic acids is 1. The normalized spacial score (nSPS) is 11.9. The third-order valence-corrected chi connectivity index (χ3v) is 5.02. The van der Waals surface area contributed by atoms with Crippen LogP contribution in [0.2, 0.25) is 0 Å². The quantitative estimate of drug-likeness (QED) is 0.402. The van der Waals surface area contributed by atoms with Gasteiger partial charge in [-0.1, -0.05) is 6.07 Å². The van der Waals surface area contributed by atoms with Crippen LogP contribution in [0.5, 0.6) is 17.2 Å². The van der Waals surface area contributed by atoms with Crippen LogP contribution in [0.3, 0.4) is 0 Å². The number of carbonyl (C=O) groups is 1. The maximum Gasteiger partial charge on any atom is 0.306 e. The molecule has 3 aromatic rings. The smallest absolute Gasteiger partial charge is 0.306 e. The molecule has 3 N–H and O–H groups in total. The first-order valence-electron chi connectivity index (χ1n) is 9.36. The van der Waals surface area contributed by atoms with Crippen molar-refractivity contribution in [1.82, 2.24) is 4.57 Å². The third-order valence-electron chi connectivity index (χ3n) is 5.02. The van der Waals surface area contributed by atoms with E-state index in [-0.39, 0.29) is 35.8 Å². The zero-order chi connectivity index (χ0) is 21.8. The molecule has 2 aromatic heterocycles. The first kappa shape index (κ1) is 21.0. The van der Waals surface area contributed by atoms with Crippen LogP contribution >= 0.6 is 0 Å². The number of aromatic nitrogens is 1. The Bertz CT molecular complexity index is 1100. The first-order chi connectivity index (χ1) is 14.3. The van der Waals surface area contributed by atoms with Crippen LogP contribution in [0.1, 0.15) is 34.9 Å². The second-order valence-corrected chi connectivity index (χ2v) is 6.96. The molecule has 0 aliphatic heterocycles. The summed E-state index contributed by atoms with van der Waals surface area (Å²) in [5, 5.41) is 29.7. The van der Waals surface area contributed by atoms with E-state index in [1.54, 1.807) is 25.1 Å². The molecule has 0 radical (unpaired) electrons. The fourth-order valence-corrected chi connectivity index (χ4v) is 3.42. The van der Waals surface area contributed by atoms with Gasteiger partial charge >= 0.3 is 5.97 Å². The Morgan fingerprint density at radius 1 is 1.13 bits per heavy atom. The summed E-state index contributed by atoms with van der Waals surface area (Å²) in [6, 6.07) is 9.21.